The van der Waals surface area contributed by atoms with Crippen molar-refractivity contribution in [3.05, 3.63) is 57.5 Å². The fraction of sp³-hybridized carbons (Fsp3) is 0.267. The topological polar surface area (TPSA) is 112 Å². The molecule has 0 radical (unpaired) electrons. The molecular formula is C15H15N5O4. The summed E-state index contributed by atoms with van der Waals surface area (Å²) in [5, 5.41) is 18.5. The second-order valence-electron chi connectivity index (χ2n) is 5.13. The normalized spacial score (nSPS) is 16.3. The van der Waals surface area contributed by atoms with E-state index in [-0.39, 0.29) is 17.9 Å². The molecule has 3 rings (SSSR count). The third kappa shape index (κ3) is 2.49. The minimum absolute atomic E-state index is 0.0968. The maximum atomic E-state index is 12.5. The van der Waals surface area contributed by atoms with E-state index in [4.69, 9.17) is 4.74 Å². The smallest absolute Gasteiger partial charge is 0.338 e. The van der Waals surface area contributed by atoms with Crippen molar-refractivity contribution in [2.45, 2.75) is 19.9 Å². The Morgan fingerprint density at radius 3 is 2.92 bits per heavy atom. The Kier molecular flexibility index (Phi) is 3.98. The van der Waals surface area contributed by atoms with Crippen molar-refractivity contribution in [3.8, 4) is 0 Å². The summed E-state index contributed by atoms with van der Waals surface area (Å²) in [4.78, 5) is 27.5. The van der Waals surface area contributed by atoms with Crippen LogP contribution in [0.3, 0.4) is 0 Å². The van der Waals surface area contributed by atoms with Crippen molar-refractivity contribution in [1.82, 2.24) is 14.8 Å². The van der Waals surface area contributed by atoms with Gasteiger partial charge >= 0.3 is 5.97 Å². The summed E-state index contributed by atoms with van der Waals surface area (Å²) in [5.41, 5.74) is 1.04. The summed E-state index contributed by atoms with van der Waals surface area (Å²) in [5.74, 6) is -0.143. The average molecular weight is 329 g/mol. The highest BCUT2D eigenvalue weighted by atomic mass is 16.6. The lowest BCUT2D eigenvalue weighted by Crippen LogP contribution is -2.30. The van der Waals surface area contributed by atoms with E-state index in [2.05, 4.69) is 15.4 Å². The van der Waals surface area contributed by atoms with Gasteiger partial charge in [0.1, 0.15) is 12.4 Å². The molecule has 1 atom stereocenters. The first kappa shape index (κ1) is 15.7. The number of rotatable bonds is 4. The van der Waals surface area contributed by atoms with Gasteiger partial charge in [-0.3, -0.25) is 10.1 Å². The van der Waals surface area contributed by atoms with Gasteiger partial charge in [0.15, 0.2) is 0 Å². The van der Waals surface area contributed by atoms with Gasteiger partial charge in [0, 0.05) is 11.8 Å². The van der Waals surface area contributed by atoms with Gasteiger partial charge in [0.2, 0.25) is 5.95 Å². The summed E-state index contributed by atoms with van der Waals surface area (Å²) < 4.78 is 6.57. The number of anilines is 1. The first-order valence-corrected chi connectivity index (χ1v) is 7.32. The molecule has 2 heterocycles. The van der Waals surface area contributed by atoms with Crippen molar-refractivity contribution in [1.29, 1.82) is 0 Å². The number of nitrogens with zero attached hydrogens (tertiary/aromatic N) is 4. The monoisotopic (exact) mass is 329 g/mol. The van der Waals surface area contributed by atoms with Gasteiger partial charge in [0.25, 0.3) is 5.69 Å². The number of nitrogens with one attached hydrogen (secondary N) is 1. The molecule has 0 saturated heterocycles. The van der Waals surface area contributed by atoms with Gasteiger partial charge in [-0.25, -0.2) is 9.48 Å². The zero-order chi connectivity index (χ0) is 17.3. The van der Waals surface area contributed by atoms with Crippen molar-refractivity contribution in [2.75, 3.05) is 11.9 Å². The number of esters is 1. The molecule has 1 unspecified atom stereocenters. The Morgan fingerprint density at radius 2 is 2.21 bits per heavy atom. The Bertz CT molecular complexity index is 842. The lowest BCUT2D eigenvalue weighted by atomic mass is 9.94. The van der Waals surface area contributed by atoms with Gasteiger partial charge in [-0.2, -0.15) is 10.1 Å². The molecule has 9 heteroatoms. The lowest BCUT2D eigenvalue weighted by Gasteiger charge is -2.27. The fourth-order valence-corrected chi connectivity index (χ4v) is 2.74. The van der Waals surface area contributed by atoms with E-state index in [1.165, 1.54) is 17.1 Å². The van der Waals surface area contributed by atoms with Crippen LogP contribution in [0.5, 0.6) is 0 Å². The van der Waals surface area contributed by atoms with Crippen LogP contribution < -0.4 is 5.32 Å². The van der Waals surface area contributed by atoms with Gasteiger partial charge in [-0.1, -0.05) is 12.1 Å². The minimum Gasteiger partial charge on any atom is -0.463 e. The minimum atomic E-state index is -0.788. The third-order valence-corrected chi connectivity index (χ3v) is 3.72. The summed E-state index contributed by atoms with van der Waals surface area (Å²) in [6.07, 6.45) is 1.32. The molecule has 1 aromatic heterocycles. The molecule has 1 aliphatic heterocycles. The van der Waals surface area contributed by atoms with Gasteiger partial charge in [-0.05, 0) is 19.9 Å². The van der Waals surface area contributed by atoms with Gasteiger partial charge in [0.05, 0.1) is 22.7 Å². The van der Waals surface area contributed by atoms with Crippen molar-refractivity contribution in [3.63, 3.8) is 0 Å². The number of carbonyl (C=O) groups excluding carboxylic acids is 1. The molecule has 124 valence electrons. The summed E-state index contributed by atoms with van der Waals surface area (Å²) in [7, 11) is 0. The predicted octanol–water partition coefficient (Wildman–Crippen LogP) is 2.04. The van der Waals surface area contributed by atoms with E-state index in [1.54, 1.807) is 32.0 Å². The van der Waals surface area contributed by atoms with E-state index < -0.39 is 16.9 Å². The molecule has 0 spiro atoms. The van der Waals surface area contributed by atoms with Crippen molar-refractivity contribution in [2.24, 2.45) is 0 Å². The first-order chi connectivity index (χ1) is 11.5. The highest BCUT2D eigenvalue weighted by Crippen LogP contribution is 2.38. The van der Waals surface area contributed by atoms with E-state index in [0.29, 0.717) is 17.2 Å². The zero-order valence-electron chi connectivity index (χ0n) is 13.1. The number of ether oxygens (including phenoxy) is 1. The Labute approximate surface area is 137 Å². The van der Waals surface area contributed by atoms with Gasteiger partial charge in [-0.15, -0.1) is 0 Å². The summed E-state index contributed by atoms with van der Waals surface area (Å²) >= 11 is 0. The van der Waals surface area contributed by atoms with E-state index >= 15 is 0 Å². The molecule has 9 nitrogen and oxygen atoms in total. The number of fused-ring (bicyclic) bond motifs is 1. The lowest BCUT2D eigenvalue weighted by molar-refractivity contribution is -0.385. The molecular weight excluding hydrogens is 314 g/mol. The SMILES string of the molecule is CCOC(=O)C1=C(C)Nc2ncnn2C1c1ccccc1[N+](=O)[O-]. The third-order valence-electron chi connectivity index (χ3n) is 3.72. The molecule has 1 N–H and O–H groups in total. The Morgan fingerprint density at radius 1 is 1.46 bits per heavy atom. The number of nitro benzene ring substituents is 1. The van der Waals surface area contributed by atoms with Crippen LogP contribution in [-0.2, 0) is 9.53 Å². The van der Waals surface area contributed by atoms with Crippen LogP contribution in [0.15, 0.2) is 41.9 Å². The molecule has 0 bridgehead atoms. The van der Waals surface area contributed by atoms with E-state index in [9.17, 15) is 14.9 Å². The van der Waals surface area contributed by atoms with Crippen LogP contribution in [0.1, 0.15) is 25.5 Å². The molecule has 0 saturated carbocycles. The number of hydrogen-bond donors (Lipinski definition) is 1. The second-order valence-corrected chi connectivity index (χ2v) is 5.13. The Hall–Kier alpha value is -3.23. The number of benzene rings is 1. The summed E-state index contributed by atoms with van der Waals surface area (Å²) in [6.45, 7) is 3.60. The van der Waals surface area contributed by atoms with Crippen LogP contribution in [0.4, 0.5) is 11.6 Å². The fourth-order valence-electron chi connectivity index (χ4n) is 2.74. The van der Waals surface area contributed by atoms with E-state index in [0.717, 1.165) is 0 Å². The average Bonchev–Trinajstić information content (AvgIpc) is 3.01. The van der Waals surface area contributed by atoms with Crippen molar-refractivity contribution >= 4 is 17.6 Å². The number of nitro groups is 1. The Balaban J connectivity index is 2.22. The van der Waals surface area contributed by atoms with Gasteiger partial charge < -0.3 is 10.1 Å². The predicted molar refractivity (Wildman–Crippen MR) is 84.2 cm³/mol. The molecule has 24 heavy (non-hydrogen) atoms. The summed E-state index contributed by atoms with van der Waals surface area (Å²) in [6, 6.07) is 5.47. The number of para-hydroxylation sites is 1. The maximum Gasteiger partial charge on any atom is 0.338 e. The van der Waals surface area contributed by atoms with Crippen LogP contribution in [-0.4, -0.2) is 32.3 Å². The van der Waals surface area contributed by atoms with Crippen LogP contribution in [0, 0.1) is 10.1 Å². The van der Waals surface area contributed by atoms with Crippen LogP contribution in [0.25, 0.3) is 0 Å². The maximum absolute atomic E-state index is 12.5. The largest absolute Gasteiger partial charge is 0.463 e. The molecule has 0 aliphatic carbocycles. The number of carbonyl (C=O) groups is 1. The molecule has 1 aromatic carbocycles. The number of aromatic nitrogens is 3. The first-order valence-electron chi connectivity index (χ1n) is 7.32. The molecule has 1 aliphatic rings. The van der Waals surface area contributed by atoms with E-state index in [1.807, 2.05) is 0 Å². The zero-order valence-corrected chi connectivity index (χ0v) is 13.1. The van der Waals surface area contributed by atoms with Crippen LogP contribution >= 0.6 is 0 Å². The standard InChI is InChI=1S/C15H15N5O4/c1-3-24-14(21)12-9(2)18-15-16-8-17-19(15)13(12)10-6-4-5-7-11(10)20(22)23/h4-8,13H,3H2,1-2H3,(H,16,17,18). The molecule has 0 fully saturated rings. The van der Waals surface area contributed by atoms with Crippen molar-refractivity contribution < 1.29 is 14.5 Å². The molecule has 2 aromatic rings. The highest BCUT2D eigenvalue weighted by Gasteiger charge is 2.37. The second kappa shape index (κ2) is 6.11. The molecule has 0 amide bonds. The quantitative estimate of drug-likeness (QED) is 0.519. The van der Waals surface area contributed by atoms with Crippen LogP contribution in [0.2, 0.25) is 0 Å². The number of allylic oxidation sites excluding steroid dienone is 1. The number of hydrogen-bond acceptors (Lipinski definition) is 7. The highest BCUT2D eigenvalue weighted by molar-refractivity contribution is 5.92.